The minimum Gasteiger partial charge on any atom is -0.344 e. The Kier molecular flexibility index (Phi) is 6.33. The van der Waals surface area contributed by atoms with Crippen LogP contribution in [0.25, 0.3) is 0 Å². The number of hydrogen-bond donors (Lipinski definition) is 1. The van der Waals surface area contributed by atoms with Gasteiger partial charge >= 0.3 is 0 Å². The Balaban J connectivity index is 1.60. The summed E-state index contributed by atoms with van der Waals surface area (Å²) in [5, 5.41) is 3.00. The van der Waals surface area contributed by atoms with Gasteiger partial charge in [-0.15, -0.1) is 0 Å². The number of piperidine rings is 1. The predicted octanol–water partition coefficient (Wildman–Crippen LogP) is 3.41. The zero-order chi connectivity index (χ0) is 18.5. The molecule has 3 rings (SSSR count). The van der Waals surface area contributed by atoms with Crippen LogP contribution >= 0.6 is 0 Å². The summed E-state index contributed by atoms with van der Waals surface area (Å²) in [7, 11) is 0. The second-order valence-corrected chi connectivity index (χ2v) is 8.33. The first-order valence-corrected chi connectivity index (χ1v) is 10.2. The number of amides is 2. The van der Waals surface area contributed by atoms with Crippen molar-refractivity contribution >= 4 is 11.8 Å². The molecule has 0 spiro atoms. The smallest absolute Gasteiger partial charge is 0.245 e. The predicted molar refractivity (Wildman–Crippen MR) is 104 cm³/mol. The molecule has 0 aromatic heterocycles. The molecule has 0 unspecified atom stereocenters. The fourth-order valence-corrected chi connectivity index (χ4v) is 4.52. The minimum absolute atomic E-state index is 0.0733. The number of nitrogens with zero attached hydrogens (tertiary/aromatic N) is 1. The van der Waals surface area contributed by atoms with E-state index in [9.17, 15) is 9.59 Å². The van der Waals surface area contributed by atoms with Crippen LogP contribution in [0.4, 0.5) is 0 Å². The highest BCUT2D eigenvalue weighted by Crippen LogP contribution is 2.36. The Hall–Kier alpha value is -1.84. The van der Waals surface area contributed by atoms with Crippen LogP contribution < -0.4 is 5.32 Å². The van der Waals surface area contributed by atoms with Gasteiger partial charge in [0.25, 0.3) is 0 Å². The maximum absolute atomic E-state index is 13.1. The number of likely N-dealkylation sites (tertiary alicyclic amines) is 1. The van der Waals surface area contributed by atoms with Gasteiger partial charge in [0.1, 0.15) is 6.04 Å². The van der Waals surface area contributed by atoms with Gasteiger partial charge in [-0.25, -0.2) is 0 Å². The summed E-state index contributed by atoms with van der Waals surface area (Å²) >= 11 is 0. The molecule has 1 saturated carbocycles. The van der Waals surface area contributed by atoms with Crippen LogP contribution in [0.5, 0.6) is 0 Å². The summed E-state index contributed by atoms with van der Waals surface area (Å²) in [4.78, 5) is 27.6. The average molecular weight is 357 g/mol. The number of fused-ring (bicyclic) bond motifs is 1. The van der Waals surface area contributed by atoms with Crippen molar-refractivity contribution in [1.82, 2.24) is 10.2 Å². The summed E-state index contributed by atoms with van der Waals surface area (Å²) in [6.45, 7) is 5.75. The number of rotatable bonds is 5. The van der Waals surface area contributed by atoms with Crippen molar-refractivity contribution in [2.24, 2.45) is 17.8 Å². The van der Waals surface area contributed by atoms with Crippen LogP contribution in [0, 0.1) is 17.8 Å². The van der Waals surface area contributed by atoms with Gasteiger partial charge in [-0.05, 0) is 36.2 Å². The fraction of sp³-hybridized carbons (Fsp3) is 0.636. The van der Waals surface area contributed by atoms with E-state index in [1.807, 2.05) is 49.1 Å². The molecule has 1 aliphatic carbocycles. The molecule has 142 valence electrons. The Labute approximate surface area is 157 Å². The van der Waals surface area contributed by atoms with Gasteiger partial charge in [-0.1, -0.05) is 63.4 Å². The Morgan fingerprint density at radius 3 is 2.46 bits per heavy atom. The van der Waals surface area contributed by atoms with E-state index < -0.39 is 6.04 Å². The zero-order valence-corrected chi connectivity index (χ0v) is 16.1. The minimum atomic E-state index is -0.425. The molecular formula is C22H32N2O2. The fourth-order valence-electron chi connectivity index (χ4n) is 4.52. The average Bonchev–Trinajstić information content (AvgIpc) is 2.65. The van der Waals surface area contributed by atoms with Crippen LogP contribution in [0.2, 0.25) is 0 Å². The van der Waals surface area contributed by atoms with E-state index in [4.69, 9.17) is 0 Å². The quantitative estimate of drug-likeness (QED) is 0.879. The molecule has 4 heteroatoms. The van der Waals surface area contributed by atoms with Gasteiger partial charge in [-0.2, -0.15) is 0 Å². The highest BCUT2D eigenvalue weighted by Gasteiger charge is 2.36. The third kappa shape index (κ3) is 4.66. The Morgan fingerprint density at radius 1 is 1.08 bits per heavy atom. The van der Waals surface area contributed by atoms with Gasteiger partial charge in [0, 0.05) is 13.1 Å². The topological polar surface area (TPSA) is 49.4 Å². The second-order valence-electron chi connectivity index (χ2n) is 8.33. The van der Waals surface area contributed by atoms with Crippen molar-refractivity contribution in [3.63, 3.8) is 0 Å². The largest absolute Gasteiger partial charge is 0.344 e. The van der Waals surface area contributed by atoms with Crippen molar-refractivity contribution in [2.75, 3.05) is 13.1 Å². The van der Waals surface area contributed by atoms with Crippen molar-refractivity contribution < 1.29 is 9.59 Å². The number of carbonyl (C=O) groups is 2. The van der Waals surface area contributed by atoms with Crippen LogP contribution in [0.1, 0.15) is 51.5 Å². The third-order valence-electron chi connectivity index (χ3n) is 6.06. The standard InChI is InChI=1S/C22H32N2O2/c1-16(2)21(23-20(25)14-17-8-4-3-5-9-17)22(26)24-13-12-18-10-6-7-11-19(18)15-24/h3-5,8-9,16,18-19,21H,6-7,10-15H2,1-2H3,(H,23,25)/t18-,19-,21-/m0/s1. The summed E-state index contributed by atoms with van der Waals surface area (Å²) < 4.78 is 0. The molecule has 1 aromatic carbocycles. The van der Waals surface area contributed by atoms with E-state index >= 15 is 0 Å². The molecule has 1 heterocycles. The highest BCUT2D eigenvalue weighted by molar-refractivity contribution is 5.88. The number of carbonyl (C=O) groups excluding carboxylic acids is 2. The van der Waals surface area contributed by atoms with Gasteiger partial charge in [-0.3, -0.25) is 9.59 Å². The lowest BCUT2D eigenvalue weighted by atomic mass is 9.75. The molecule has 2 amide bonds. The molecule has 0 radical (unpaired) electrons. The zero-order valence-electron chi connectivity index (χ0n) is 16.1. The van der Waals surface area contributed by atoms with Crippen LogP contribution in [0.15, 0.2) is 30.3 Å². The van der Waals surface area contributed by atoms with Crippen molar-refractivity contribution in [3.05, 3.63) is 35.9 Å². The molecule has 2 fully saturated rings. The molecule has 1 aromatic rings. The van der Waals surface area contributed by atoms with E-state index in [-0.39, 0.29) is 17.7 Å². The molecule has 1 saturated heterocycles. The molecule has 3 atom stereocenters. The normalized spacial score (nSPS) is 24.0. The van der Waals surface area contributed by atoms with E-state index in [1.54, 1.807) is 0 Å². The molecule has 2 aliphatic rings. The van der Waals surface area contributed by atoms with E-state index in [1.165, 1.54) is 25.7 Å². The molecule has 1 N–H and O–H groups in total. The van der Waals surface area contributed by atoms with Crippen molar-refractivity contribution in [3.8, 4) is 0 Å². The first-order chi connectivity index (χ1) is 12.5. The van der Waals surface area contributed by atoms with E-state index in [2.05, 4.69) is 5.32 Å². The Morgan fingerprint density at radius 2 is 1.77 bits per heavy atom. The van der Waals surface area contributed by atoms with Crippen molar-refractivity contribution in [1.29, 1.82) is 0 Å². The first kappa shape index (κ1) is 18.9. The number of benzene rings is 1. The summed E-state index contributed by atoms with van der Waals surface area (Å²) in [6, 6.07) is 9.27. The molecule has 1 aliphatic heterocycles. The molecule has 4 nitrogen and oxygen atoms in total. The molecule has 26 heavy (non-hydrogen) atoms. The summed E-state index contributed by atoms with van der Waals surface area (Å²) in [5.74, 6) is 1.58. The van der Waals surface area contributed by atoms with Gasteiger partial charge in [0.15, 0.2) is 0 Å². The van der Waals surface area contributed by atoms with Crippen LogP contribution in [0.3, 0.4) is 0 Å². The number of nitrogens with one attached hydrogen (secondary N) is 1. The van der Waals surface area contributed by atoms with Crippen LogP contribution in [-0.2, 0) is 16.0 Å². The molecular weight excluding hydrogens is 324 g/mol. The van der Waals surface area contributed by atoms with E-state index in [0.29, 0.717) is 12.3 Å². The lowest BCUT2D eigenvalue weighted by Gasteiger charge is -2.42. The van der Waals surface area contributed by atoms with Gasteiger partial charge in [0.05, 0.1) is 6.42 Å². The summed E-state index contributed by atoms with van der Waals surface area (Å²) in [6.07, 6.45) is 6.67. The van der Waals surface area contributed by atoms with E-state index in [0.717, 1.165) is 31.0 Å². The number of hydrogen-bond acceptors (Lipinski definition) is 2. The van der Waals surface area contributed by atoms with Gasteiger partial charge < -0.3 is 10.2 Å². The highest BCUT2D eigenvalue weighted by atomic mass is 16.2. The summed E-state index contributed by atoms with van der Waals surface area (Å²) in [5.41, 5.74) is 0.975. The SMILES string of the molecule is CC(C)[C@H](NC(=O)Cc1ccccc1)C(=O)N1CC[C@@H]2CCCC[C@H]2C1. The Bertz CT molecular complexity index is 614. The van der Waals surface area contributed by atoms with Crippen LogP contribution in [-0.4, -0.2) is 35.8 Å². The monoisotopic (exact) mass is 356 g/mol. The second kappa shape index (κ2) is 8.70. The first-order valence-electron chi connectivity index (χ1n) is 10.2. The van der Waals surface area contributed by atoms with Gasteiger partial charge in [0.2, 0.25) is 11.8 Å². The lowest BCUT2D eigenvalue weighted by molar-refractivity contribution is -0.140. The molecule has 0 bridgehead atoms. The third-order valence-corrected chi connectivity index (χ3v) is 6.06. The maximum atomic E-state index is 13.1. The van der Waals surface area contributed by atoms with Crippen molar-refractivity contribution in [2.45, 2.75) is 58.4 Å². The lowest BCUT2D eigenvalue weighted by Crippen LogP contribution is -2.55. The maximum Gasteiger partial charge on any atom is 0.245 e.